The molecule has 1 fully saturated rings. The molecular formula is C13H22N4O. The molecule has 1 aromatic heterocycles. The zero-order chi connectivity index (χ0) is 13.0. The number of hydrogen-bond acceptors (Lipinski definition) is 5. The van der Waals surface area contributed by atoms with E-state index >= 15 is 0 Å². The van der Waals surface area contributed by atoms with Gasteiger partial charge in [-0.15, -0.1) is 0 Å². The van der Waals surface area contributed by atoms with Gasteiger partial charge in [-0.2, -0.15) is 0 Å². The summed E-state index contributed by atoms with van der Waals surface area (Å²) in [5, 5.41) is 3.46. The highest BCUT2D eigenvalue weighted by atomic mass is 16.5. The second-order valence-electron chi connectivity index (χ2n) is 4.91. The van der Waals surface area contributed by atoms with Gasteiger partial charge >= 0.3 is 0 Å². The average molecular weight is 250 g/mol. The number of nitrogens with two attached hydrogens (primary N) is 1. The average Bonchev–Trinajstić information content (AvgIpc) is 2.57. The van der Waals surface area contributed by atoms with E-state index < -0.39 is 0 Å². The van der Waals surface area contributed by atoms with Gasteiger partial charge in [0.1, 0.15) is 12.1 Å². The van der Waals surface area contributed by atoms with E-state index in [9.17, 15) is 0 Å². The van der Waals surface area contributed by atoms with Crippen molar-refractivity contribution in [1.82, 2.24) is 9.97 Å². The lowest BCUT2D eigenvalue weighted by atomic mass is 10.0. The molecule has 100 valence electrons. The van der Waals surface area contributed by atoms with Crippen LogP contribution in [0.3, 0.4) is 0 Å². The Labute approximate surface area is 108 Å². The number of nitrogens with one attached hydrogen (secondary N) is 1. The Balaban J connectivity index is 2.12. The van der Waals surface area contributed by atoms with Gasteiger partial charge in [-0.25, -0.2) is 9.97 Å². The minimum atomic E-state index is 0.202. The molecule has 0 aromatic carbocycles. The van der Waals surface area contributed by atoms with Crippen LogP contribution in [0.5, 0.6) is 5.88 Å². The molecule has 0 aliphatic heterocycles. The largest absolute Gasteiger partial charge is 0.481 e. The van der Waals surface area contributed by atoms with Gasteiger partial charge < -0.3 is 15.8 Å². The van der Waals surface area contributed by atoms with Gasteiger partial charge in [-0.1, -0.05) is 19.3 Å². The number of nitrogens with zero attached hydrogens (tertiary/aromatic N) is 2. The summed E-state index contributed by atoms with van der Waals surface area (Å²) in [5.74, 6) is 1.46. The molecule has 1 heterocycles. The van der Waals surface area contributed by atoms with Gasteiger partial charge in [0.25, 0.3) is 0 Å². The predicted octanol–water partition coefficient (Wildman–Crippen LogP) is 1.87. The van der Waals surface area contributed by atoms with Crippen molar-refractivity contribution in [2.45, 2.75) is 51.1 Å². The number of ether oxygens (including phenoxy) is 1. The number of aromatic nitrogens is 2. The van der Waals surface area contributed by atoms with E-state index in [2.05, 4.69) is 15.3 Å². The molecule has 2 atom stereocenters. The summed E-state index contributed by atoms with van der Waals surface area (Å²) in [4.78, 5) is 8.37. The predicted molar refractivity (Wildman–Crippen MR) is 71.8 cm³/mol. The maximum absolute atomic E-state index is 6.21. The Hall–Kier alpha value is -1.36. The first kappa shape index (κ1) is 13.1. The molecule has 1 aromatic rings. The van der Waals surface area contributed by atoms with Crippen LogP contribution in [-0.4, -0.2) is 29.2 Å². The van der Waals surface area contributed by atoms with Gasteiger partial charge in [0.05, 0.1) is 12.7 Å². The van der Waals surface area contributed by atoms with Crippen LogP contribution < -0.4 is 15.8 Å². The van der Waals surface area contributed by atoms with Crippen LogP contribution in [-0.2, 0) is 0 Å². The van der Waals surface area contributed by atoms with Crippen LogP contribution in [0.2, 0.25) is 0 Å². The normalized spacial score (nSPS) is 24.4. The van der Waals surface area contributed by atoms with Crippen LogP contribution in [0.1, 0.15) is 37.7 Å². The maximum atomic E-state index is 6.21. The van der Waals surface area contributed by atoms with Crippen molar-refractivity contribution in [3.8, 4) is 5.88 Å². The Morgan fingerprint density at radius 3 is 2.83 bits per heavy atom. The van der Waals surface area contributed by atoms with Crippen molar-refractivity contribution >= 4 is 5.82 Å². The highest BCUT2D eigenvalue weighted by Crippen LogP contribution is 2.24. The van der Waals surface area contributed by atoms with E-state index in [0.717, 1.165) is 24.2 Å². The fourth-order valence-corrected chi connectivity index (χ4v) is 2.48. The molecular weight excluding hydrogens is 228 g/mol. The summed E-state index contributed by atoms with van der Waals surface area (Å²) in [6.07, 6.45) is 7.44. The highest BCUT2D eigenvalue weighted by Gasteiger charge is 2.21. The smallest absolute Gasteiger partial charge is 0.221 e. The van der Waals surface area contributed by atoms with Gasteiger partial charge in [-0.3, -0.25) is 0 Å². The fourth-order valence-electron chi connectivity index (χ4n) is 2.48. The Kier molecular flexibility index (Phi) is 4.36. The molecule has 0 amide bonds. The summed E-state index contributed by atoms with van der Waals surface area (Å²) in [7, 11) is 1.62. The molecule has 5 nitrogen and oxygen atoms in total. The first-order valence-corrected chi connectivity index (χ1v) is 6.60. The van der Waals surface area contributed by atoms with E-state index in [1.54, 1.807) is 7.11 Å². The molecule has 1 aliphatic carbocycles. The molecule has 0 spiro atoms. The maximum Gasteiger partial charge on any atom is 0.221 e. The summed E-state index contributed by atoms with van der Waals surface area (Å²) < 4.78 is 5.20. The summed E-state index contributed by atoms with van der Waals surface area (Å²) in [6.45, 7) is 1.96. The second-order valence-corrected chi connectivity index (χ2v) is 4.91. The Morgan fingerprint density at radius 1 is 1.28 bits per heavy atom. The number of rotatable bonds is 3. The number of hydrogen-bond donors (Lipinski definition) is 2. The first-order chi connectivity index (χ1) is 8.72. The van der Waals surface area contributed by atoms with E-state index in [1.807, 2.05) is 6.92 Å². The topological polar surface area (TPSA) is 73.1 Å². The monoisotopic (exact) mass is 250 g/mol. The molecule has 1 aliphatic rings. The lowest BCUT2D eigenvalue weighted by Crippen LogP contribution is -2.39. The van der Waals surface area contributed by atoms with Crippen LogP contribution in [0.25, 0.3) is 0 Å². The standard InChI is InChI=1S/C13H22N4O/c1-9-12(15-8-16-13(9)18-2)17-11-7-5-3-4-6-10(11)14/h8,10-11H,3-7,14H2,1-2H3,(H,15,16,17). The molecule has 2 rings (SSSR count). The molecule has 0 saturated heterocycles. The summed E-state index contributed by atoms with van der Waals surface area (Å²) in [6, 6.07) is 0.499. The number of methoxy groups -OCH3 is 1. The zero-order valence-corrected chi connectivity index (χ0v) is 11.1. The molecule has 2 unspecified atom stereocenters. The van der Waals surface area contributed by atoms with Gasteiger partial charge in [0.15, 0.2) is 0 Å². The summed E-state index contributed by atoms with van der Waals surface area (Å²) in [5.41, 5.74) is 7.15. The lowest BCUT2D eigenvalue weighted by Gasteiger charge is -2.24. The van der Waals surface area contributed by atoms with Crippen molar-refractivity contribution in [1.29, 1.82) is 0 Å². The number of anilines is 1. The van der Waals surface area contributed by atoms with Gasteiger partial charge in [0.2, 0.25) is 5.88 Å². The second kappa shape index (κ2) is 6.00. The molecule has 18 heavy (non-hydrogen) atoms. The fraction of sp³-hybridized carbons (Fsp3) is 0.692. The van der Waals surface area contributed by atoms with Crippen molar-refractivity contribution < 1.29 is 4.74 Å². The highest BCUT2D eigenvalue weighted by molar-refractivity contribution is 5.48. The van der Waals surface area contributed by atoms with Crippen molar-refractivity contribution in [2.75, 3.05) is 12.4 Å². The van der Waals surface area contributed by atoms with E-state index in [1.165, 1.54) is 25.6 Å². The molecule has 3 N–H and O–H groups in total. The molecule has 5 heteroatoms. The third-order valence-corrected chi connectivity index (χ3v) is 3.62. The van der Waals surface area contributed by atoms with E-state index in [4.69, 9.17) is 10.5 Å². The van der Waals surface area contributed by atoms with Crippen LogP contribution >= 0.6 is 0 Å². The van der Waals surface area contributed by atoms with Crippen molar-refractivity contribution in [2.24, 2.45) is 5.73 Å². The minimum absolute atomic E-state index is 0.202. The minimum Gasteiger partial charge on any atom is -0.481 e. The first-order valence-electron chi connectivity index (χ1n) is 6.60. The third kappa shape index (κ3) is 2.90. The van der Waals surface area contributed by atoms with Gasteiger partial charge in [0, 0.05) is 12.1 Å². The van der Waals surface area contributed by atoms with Crippen molar-refractivity contribution in [3.05, 3.63) is 11.9 Å². The SMILES string of the molecule is COc1ncnc(NC2CCCCCC2N)c1C. The van der Waals surface area contributed by atoms with Gasteiger partial charge in [-0.05, 0) is 19.8 Å². The van der Waals surface area contributed by atoms with Crippen LogP contribution in [0.15, 0.2) is 6.33 Å². The van der Waals surface area contributed by atoms with Crippen molar-refractivity contribution in [3.63, 3.8) is 0 Å². The third-order valence-electron chi connectivity index (χ3n) is 3.62. The lowest BCUT2D eigenvalue weighted by molar-refractivity contribution is 0.393. The molecule has 0 radical (unpaired) electrons. The van der Waals surface area contributed by atoms with Crippen LogP contribution in [0, 0.1) is 6.92 Å². The van der Waals surface area contributed by atoms with E-state index in [0.29, 0.717) is 11.9 Å². The zero-order valence-electron chi connectivity index (χ0n) is 11.1. The quantitative estimate of drug-likeness (QED) is 0.801. The summed E-state index contributed by atoms with van der Waals surface area (Å²) >= 11 is 0. The van der Waals surface area contributed by atoms with Crippen LogP contribution in [0.4, 0.5) is 5.82 Å². The van der Waals surface area contributed by atoms with E-state index in [-0.39, 0.29) is 6.04 Å². The Morgan fingerprint density at radius 2 is 2.06 bits per heavy atom. The molecule has 1 saturated carbocycles. The Bertz CT molecular complexity index is 397. The molecule has 0 bridgehead atoms.